The maximum Gasteiger partial charge on any atom is 0.422 e. The molecular formula is C19H15F6N3O2. The molecule has 0 aliphatic heterocycles. The Morgan fingerprint density at radius 2 is 1.87 bits per heavy atom. The number of amides is 1. The fourth-order valence-corrected chi connectivity index (χ4v) is 2.68. The first-order chi connectivity index (χ1) is 13.9. The van der Waals surface area contributed by atoms with Gasteiger partial charge in [-0.2, -0.15) is 26.3 Å². The summed E-state index contributed by atoms with van der Waals surface area (Å²) in [5, 5.41) is 2.85. The lowest BCUT2D eigenvalue weighted by Gasteiger charge is -2.14. The van der Waals surface area contributed by atoms with Gasteiger partial charge in [-0.1, -0.05) is 0 Å². The summed E-state index contributed by atoms with van der Waals surface area (Å²) in [5.41, 5.74) is -0.0454. The summed E-state index contributed by atoms with van der Waals surface area (Å²) >= 11 is 0. The van der Waals surface area contributed by atoms with E-state index in [-0.39, 0.29) is 16.8 Å². The number of pyridine rings is 1. The Labute approximate surface area is 166 Å². The zero-order valence-corrected chi connectivity index (χ0v) is 15.4. The Morgan fingerprint density at radius 3 is 2.47 bits per heavy atom. The van der Waals surface area contributed by atoms with E-state index in [9.17, 15) is 31.1 Å². The smallest absolute Gasteiger partial charge is 0.422 e. The van der Waals surface area contributed by atoms with E-state index in [1.807, 2.05) is 0 Å². The number of aromatic amines is 1. The molecular weight excluding hydrogens is 416 g/mol. The molecule has 0 saturated heterocycles. The fraction of sp³-hybridized carbons (Fsp3) is 0.263. The summed E-state index contributed by atoms with van der Waals surface area (Å²) in [5.74, 6) is -0.655. The number of rotatable bonds is 5. The van der Waals surface area contributed by atoms with Crippen molar-refractivity contribution in [3.05, 3.63) is 59.5 Å². The largest absolute Gasteiger partial charge is 0.483 e. The molecule has 0 saturated carbocycles. The Bertz CT molecular complexity index is 1040. The minimum atomic E-state index is -4.50. The van der Waals surface area contributed by atoms with Gasteiger partial charge in [0.15, 0.2) is 6.61 Å². The van der Waals surface area contributed by atoms with Crippen LogP contribution in [0.2, 0.25) is 0 Å². The van der Waals surface area contributed by atoms with Gasteiger partial charge in [-0.25, -0.2) is 0 Å². The van der Waals surface area contributed by atoms with Gasteiger partial charge < -0.3 is 15.0 Å². The number of hydrogen-bond donors (Lipinski definition) is 2. The third-order valence-electron chi connectivity index (χ3n) is 4.15. The lowest BCUT2D eigenvalue weighted by Crippen LogP contribution is -2.27. The zero-order chi connectivity index (χ0) is 22.1. The minimum absolute atomic E-state index is 0.0568. The van der Waals surface area contributed by atoms with Crippen molar-refractivity contribution in [2.75, 3.05) is 6.61 Å². The van der Waals surface area contributed by atoms with Crippen LogP contribution in [0.5, 0.6) is 5.75 Å². The highest BCUT2D eigenvalue weighted by molar-refractivity contribution is 5.98. The molecule has 2 heterocycles. The monoisotopic (exact) mass is 431 g/mol. The van der Waals surface area contributed by atoms with E-state index >= 15 is 0 Å². The van der Waals surface area contributed by atoms with Crippen LogP contribution < -0.4 is 10.1 Å². The second kappa shape index (κ2) is 7.88. The van der Waals surface area contributed by atoms with E-state index in [1.165, 1.54) is 24.3 Å². The minimum Gasteiger partial charge on any atom is -0.483 e. The van der Waals surface area contributed by atoms with Crippen molar-refractivity contribution in [1.82, 2.24) is 15.3 Å². The van der Waals surface area contributed by atoms with E-state index in [0.29, 0.717) is 11.2 Å². The summed E-state index contributed by atoms with van der Waals surface area (Å²) in [6.45, 7) is 0.150. The summed E-state index contributed by atoms with van der Waals surface area (Å²) in [7, 11) is 0. The molecule has 0 spiro atoms. The molecule has 3 rings (SSSR count). The van der Waals surface area contributed by atoms with Crippen LogP contribution in [0.15, 0.2) is 42.6 Å². The third-order valence-corrected chi connectivity index (χ3v) is 4.15. The molecule has 0 radical (unpaired) electrons. The van der Waals surface area contributed by atoms with Crippen molar-refractivity contribution >= 4 is 16.8 Å². The van der Waals surface area contributed by atoms with Gasteiger partial charge in [0, 0.05) is 10.9 Å². The lowest BCUT2D eigenvalue weighted by molar-refractivity contribution is -0.153. The highest BCUT2D eigenvalue weighted by Crippen LogP contribution is 2.31. The van der Waals surface area contributed by atoms with Gasteiger partial charge in [0.1, 0.15) is 11.4 Å². The number of aromatic nitrogens is 2. The average Bonchev–Trinajstić information content (AvgIpc) is 3.09. The number of ether oxygens (including phenoxy) is 1. The topological polar surface area (TPSA) is 67.0 Å². The second-order valence-corrected chi connectivity index (χ2v) is 6.50. The SMILES string of the molecule is CC(NC(=O)c1cc2cc(C(F)(F)F)ccc2[nH]1)c1ccc(OCC(F)(F)F)cn1. The maximum atomic E-state index is 12.8. The van der Waals surface area contributed by atoms with E-state index in [4.69, 9.17) is 0 Å². The van der Waals surface area contributed by atoms with Crippen molar-refractivity contribution < 1.29 is 35.9 Å². The predicted octanol–water partition coefficient (Wildman–Crippen LogP) is 5.01. The third kappa shape index (κ3) is 5.22. The van der Waals surface area contributed by atoms with Crippen LogP contribution in [0.1, 0.15) is 34.7 Å². The first-order valence-corrected chi connectivity index (χ1v) is 8.59. The molecule has 3 aromatic rings. The number of halogens is 6. The Kier molecular flexibility index (Phi) is 5.64. The molecule has 1 amide bonds. The maximum absolute atomic E-state index is 12.8. The average molecular weight is 431 g/mol. The molecule has 30 heavy (non-hydrogen) atoms. The van der Waals surface area contributed by atoms with Gasteiger partial charge in [0.05, 0.1) is 23.5 Å². The molecule has 160 valence electrons. The number of carbonyl (C=O) groups is 1. The van der Waals surface area contributed by atoms with Crippen LogP contribution in [-0.2, 0) is 6.18 Å². The predicted molar refractivity (Wildman–Crippen MR) is 95.0 cm³/mol. The van der Waals surface area contributed by atoms with Gasteiger partial charge in [0.2, 0.25) is 0 Å². The molecule has 1 atom stereocenters. The van der Waals surface area contributed by atoms with Crippen LogP contribution >= 0.6 is 0 Å². The lowest BCUT2D eigenvalue weighted by atomic mass is 10.1. The van der Waals surface area contributed by atoms with Crippen molar-refractivity contribution in [3.8, 4) is 5.75 Å². The number of fused-ring (bicyclic) bond motifs is 1. The number of benzene rings is 1. The van der Waals surface area contributed by atoms with Crippen molar-refractivity contribution in [3.63, 3.8) is 0 Å². The van der Waals surface area contributed by atoms with E-state index in [0.717, 1.165) is 18.3 Å². The number of nitrogens with zero attached hydrogens (tertiary/aromatic N) is 1. The summed E-state index contributed by atoms with van der Waals surface area (Å²) in [6, 6.07) is 6.46. The van der Waals surface area contributed by atoms with Crippen LogP contribution in [0.25, 0.3) is 10.9 Å². The van der Waals surface area contributed by atoms with Gasteiger partial charge in [-0.3, -0.25) is 9.78 Å². The number of carbonyl (C=O) groups excluding carboxylic acids is 1. The van der Waals surface area contributed by atoms with E-state index < -0.39 is 36.5 Å². The molecule has 0 bridgehead atoms. The molecule has 1 aromatic carbocycles. The van der Waals surface area contributed by atoms with Gasteiger partial charge in [0.25, 0.3) is 5.91 Å². The van der Waals surface area contributed by atoms with Gasteiger partial charge in [-0.15, -0.1) is 0 Å². The fourth-order valence-electron chi connectivity index (χ4n) is 2.68. The molecule has 11 heteroatoms. The summed E-state index contributed by atoms with van der Waals surface area (Å²) in [4.78, 5) is 19.1. The number of hydrogen-bond acceptors (Lipinski definition) is 3. The Balaban J connectivity index is 1.68. The van der Waals surface area contributed by atoms with Crippen LogP contribution in [-0.4, -0.2) is 28.7 Å². The second-order valence-electron chi connectivity index (χ2n) is 6.50. The molecule has 0 aliphatic rings. The van der Waals surface area contributed by atoms with Crippen molar-refractivity contribution in [2.45, 2.75) is 25.3 Å². The highest BCUT2D eigenvalue weighted by atomic mass is 19.4. The molecule has 2 N–H and O–H groups in total. The summed E-state index contributed by atoms with van der Waals surface area (Å²) in [6.07, 6.45) is -7.87. The molecule has 2 aromatic heterocycles. The first kappa shape index (κ1) is 21.5. The Morgan fingerprint density at radius 1 is 1.13 bits per heavy atom. The molecule has 0 fully saturated rings. The van der Waals surface area contributed by atoms with Crippen molar-refractivity contribution in [2.24, 2.45) is 0 Å². The van der Waals surface area contributed by atoms with E-state index in [1.54, 1.807) is 6.92 Å². The van der Waals surface area contributed by atoms with E-state index in [2.05, 4.69) is 20.0 Å². The van der Waals surface area contributed by atoms with Gasteiger partial charge >= 0.3 is 12.4 Å². The quantitative estimate of drug-likeness (QED) is 0.558. The number of nitrogens with one attached hydrogen (secondary N) is 2. The summed E-state index contributed by atoms with van der Waals surface area (Å²) < 4.78 is 79.5. The normalized spacial score (nSPS) is 13.3. The van der Waals surface area contributed by atoms with Gasteiger partial charge in [-0.05, 0) is 43.3 Å². The van der Waals surface area contributed by atoms with Crippen LogP contribution in [0.3, 0.4) is 0 Å². The highest BCUT2D eigenvalue weighted by Gasteiger charge is 2.31. The molecule has 1 unspecified atom stereocenters. The van der Waals surface area contributed by atoms with Crippen LogP contribution in [0, 0.1) is 0 Å². The Hall–Kier alpha value is -3.24. The number of alkyl halides is 6. The molecule has 5 nitrogen and oxygen atoms in total. The number of H-pyrrole nitrogens is 1. The van der Waals surface area contributed by atoms with Crippen LogP contribution in [0.4, 0.5) is 26.3 Å². The molecule has 0 aliphatic carbocycles. The zero-order valence-electron chi connectivity index (χ0n) is 15.4. The standard InChI is InChI=1S/C19H15F6N3O2/c1-10(14-5-3-13(8-26-14)30-9-18(20,21)22)27-17(29)16-7-11-6-12(19(23,24)25)2-4-15(11)28-16/h2-8,10,28H,9H2,1H3,(H,27,29). The van der Waals surface area contributed by atoms with Crippen molar-refractivity contribution in [1.29, 1.82) is 0 Å². The first-order valence-electron chi connectivity index (χ1n) is 8.59.